The Morgan fingerprint density at radius 2 is 1.75 bits per heavy atom. The Balaban J connectivity index is 1.79. The molecule has 0 bridgehead atoms. The summed E-state index contributed by atoms with van der Waals surface area (Å²) in [7, 11) is 0. The largest absolute Gasteiger partial charge is 0.435 e. The molecule has 1 atom stereocenters. The molecule has 3 aromatic rings. The molecule has 10 heteroatoms. The summed E-state index contributed by atoms with van der Waals surface area (Å²) in [5, 5.41) is 4.24. The van der Waals surface area contributed by atoms with Crippen molar-refractivity contribution >= 4 is 23.6 Å². The van der Waals surface area contributed by atoms with Crippen LogP contribution in [0.3, 0.4) is 0 Å². The number of morpholine rings is 1. The lowest BCUT2D eigenvalue weighted by Gasteiger charge is -2.27. The van der Waals surface area contributed by atoms with Gasteiger partial charge in [-0.2, -0.15) is 8.78 Å². The fourth-order valence-electron chi connectivity index (χ4n) is 5.13. The van der Waals surface area contributed by atoms with E-state index < -0.39 is 24.1 Å². The van der Waals surface area contributed by atoms with Gasteiger partial charge in [0.25, 0.3) is 11.5 Å². The summed E-state index contributed by atoms with van der Waals surface area (Å²) < 4.78 is 50.4. The number of carbonyl (C=O) groups is 1. The van der Waals surface area contributed by atoms with E-state index in [4.69, 9.17) is 4.74 Å². The first-order valence-electron chi connectivity index (χ1n) is 14.7. The number of carbonyl (C=O) groups excluding carboxylic acids is 1. The maximum absolute atomic E-state index is 13.9. The Morgan fingerprint density at radius 1 is 1.07 bits per heavy atom. The highest BCUT2D eigenvalue weighted by molar-refractivity contribution is 5.95. The first-order valence-corrected chi connectivity index (χ1v) is 14.7. The third-order valence-corrected chi connectivity index (χ3v) is 7.50. The van der Waals surface area contributed by atoms with E-state index in [1.807, 2.05) is 32.1 Å². The number of nitrogens with one attached hydrogen (secondary N) is 1. The zero-order valence-corrected chi connectivity index (χ0v) is 25.2. The number of nitrogens with zero attached hydrogens (tertiary/aromatic N) is 2. The second-order valence-electron chi connectivity index (χ2n) is 10.5. The molecule has 4 rings (SSSR count). The smallest absolute Gasteiger partial charge is 0.387 e. The standard InChI is InChI=1S/C34H38F3N3O4/c1-4-6-31-27(21-24(5-2)26-9-13-29(14-10-26)44-34(36)37)22-30(32(41)38-23(3)25-7-11-28(35)12-8-25)33(42)40(31)16-15-39-17-19-43-20-18-39/h5-14,21-23,34H,4,15-20H2,1-3H3,(H,38,41)/b24-5+,27-21-,31-6-. The lowest BCUT2D eigenvalue weighted by molar-refractivity contribution is -0.0498. The first kappa shape index (κ1) is 32.8. The predicted molar refractivity (Wildman–Crippen MR) is 165 cm³/mol. The highest BCUT2D eigenvalue weighted by Crippen LogP contribution is 2.21. The molecule has 2 heterocycles. The molecular formula is C34H38F3N3O4. The average molecular weight is 610 g/mol. The Hall–Kier alpha value is -4.15. The van der Waals surface area contributed by atoms with Crippen molar-refractivity contribution in [3.05, 3.63) is 104 Å². The van der Waals surface area contributed by atoms with Crippen LogP contribution in [0.4, 0.5) is 13.2 Å². The SMILES string of the molecule is C\C=C(/C=c1/cc(C(=O)NC(C)c2ccc(F)cc2)c(=O)n(CCN2CCOCC2)/c1=C\CC)c1ccc(OC(F)F)cc1. The summed E-state index contributed by atoms with van der Waals surface area (Å²) >= 11 is 0. The molecule has 1 unspecified atom stereocenters. The average Bonchev–Trinajstić information content (AvgIpc) is 3.01. The van der Waals surface area contributed by atoms with Crippen LogP contribution in [0.1, 0.15) is 54.7 Å². The minimum Gasteiger partial charge on any atom is -0.435 e. The Kier molecular flexibility index (Phi) is 11.6. The highest BCUT2D eigenvalue weighted by Gasteiger charge is 2.19. The van der Waals surface area contributed by atoms with Crippen LogP contribution in [-0.2, 0) is 11.3 Å². The maximum atomic E-state index is 13.9. The number of halogens is 3. The van der Waals surface area contributed by atoms with Crippen LogP contribution in [0.25, 0.3) is 17.7 Å². The molecule has 0 saturated carbocycles. The van der Waals surface area contributed by atoms with Crippen LogP contribution < -0.4 is 26.2 Å². The van der Waals surface area contributed by atoms with Gasteiger partial charge < -0.3 is 19.4 Å². The normalized spacial score (nSPS) is 15.9. The van der Waals surface area contributed by atoms with Gasteiger partial charge in [0.1, 0.15) is 17.1 Å². The predicted octanol–water partition coefficient (Wildman–Crippen LogP) is 4.49. The molecule has 234 valence electrons. The van der Waals surface area contributed by atoms with Crippen molar-refractivity contribution in [1.29, 1.82) is 0 Å². The maximum Gasteiger partial charge on any atom is 0.387 e. The van der Waals surface area contributed by atoms with Crippen molar-refractivity contribution in [2.45, 2.75) is 46.4 Å². The van der Waals surface area contributed by atoms with Gasteiger partial charge in [0.05, 0.1) is 19.3 Å². The van der Waals surface area contributed by atoms with Crippen molar-refractivity contribution in [2.75, 3.05) is 32.8 Å². The van der Waals surface area contributed by atoms with E-state index in [1.54, 1.807) is 41.8 Å². The van der Waals surface area contributed by atoms with Crippen LogP contribution in [-0.4, -0.2) is 54.8 Å². The van der Waals surface area contributed by atoms with Crippen molar-refractivity contribution < 1.29 is 27.4 Å². The van der Waals surface area contributed by atoms with Crippen molar-refractivity contribution in [1.82, 2.24) is 14.8 Å². The molecule has 1 fully saturated rings. The minimum absolute atomic E-state index is 0.0171. The number of hydrogen-bond acceptors (Lipinski definition) is 5. The zero-order chi connectivity index (χ0) is 31.6. The monoisotopic (exact) mass is 609 g/mol. The second-order valence-corrected chi connectivity index (χ2v) is 10.5. The van der Waals surface area contributed by atoms with Gasteiger partial charge in [-0.25, -0.2) is 4.39 Å². The molecule has 1 N–H and O–H groups in total. The molecule has 1 aliphatic heterocycles. The third-order valence-electron chi connectivity index (χ3n) is 7.50. The molecule has 0 spiro atoms. The topological polar surface area (TPSA) is 72.8 Å². The van der Waals surface area contributed by atoms with Crippen LogP contribution in [0, 0.1) is 5.82 Å². The number of benzene rings is 2. The second kappa shape index (κ2) is 15.5. The van der Waals surface area contributed by atoms with Gasteiger partial charge in [0.15, 0.2) is 0 Å². The zero-order valence-electron chi connectivity index (χ0n) is 25.2. The third kappa shape index (κ3) is 8.48. The lowest BCUT2D eigenvalue weighted by Crippen LogP contribution is -2.49. The molecule has 44 heavy (non-hydrogen) atoms. The van der Waals surface area contributed by atoms with Gasteiger partial charge in [-0.15, -0.1) is 0 Å². The Bertz CT molecular complexity index is 1630. The summed E-state index contributed by atoms with van der Waals surface area (Å²) in [5.74, 6) is -0.875. The number of hydrogen-bond donors (Lipinski definition) is 1. The molecule has 1 amide bonds. The molecule has 1 aliphatic rings. The van der Waals surface area contributed by atoms with Crippen molar-refractivity contribution in [3.8, 4) is 5.75 Å². The molecule has 2 aromatic carbocycles. The highest BCUT2D eigenvalue weighted by atomic mass is 19.3. The first-order chi connectivity index (χ1) is 21.2. The van der Waals surface area contributed by atoms with E-state index >= 15 is 0 Å². The summed E-state index contributed by atoms with van der Waals surface area (Å²) in [6.45, 7) is 6.40. The number of allylic oxidation sites excluding steroid dienone is 2. The number of aromatic nitrogens is 1. The number of rotatable bonds is 11. The van der Waals surface area contributed by atoms with Gasteiger partial charge in [-0.3, -0.25) is 14.5 Å². The van der Waals surface area contributed by atoms with E-state index in [1.165, 1.54) is 24.3 Å². The van der Waals surface area contributed by atoms with E-state index in [-0.39, 0.29) is 17.1 Å². The lowest BCUT2D eigenvalue weighted by atomic mass is 10.0. The number of ether oxygens (including phenoxy) is 2. The summed E-state index contributed by atoms with van der Waals surface area (Å²) in [5.41, 5.74) is 1.79. The minimum atomic E-state index is -2.92. The van der Waals surface area contributed by atoms with E-state index in [0.29, 0.717) is 48.9 Å². The van der Waals surface area contributed by atoms with Gasteiger partial charge in [-0.05, 0) is 78.6 Å². The van der Waals surface area contributed by atoms with E-state index in [0.717, 1.165) is 24.2 Å². The van der Waals surface area contributed by atoms with Crippen LogP contribution in [0.2, 0.25) is 0 Å². The summed E-state index contributed by atoms with van der Waals surface area (Å²) in [6.07, 6.45) is 6.37. The quantitative estimate of drug-likeness (QED) is 0.347. The summed E-state index contributed by atoms with van der Waals surface area (Å²) in [6, 6.07) is 13.3. The van der Waals surface area contributed by atoms with E-state index in [2.05, 4.69) is 15.0 Å². The van der Waals surface area contributed by atoms with Crippen molar-refractivity contribution in [3.63, 3.8) is 0 Å². The number of pyridine rings is 1. The van der Waals surface area contributed by atoms with Gasteiger partial charge in [0.2, 0.25) is 0 Å². The van der Waals surface area contributed by atoms with Crippen LogP contribution in [0.15, 0.2) is 65.5 Å². The molecule has 0 aliphatic carbocycles. The molecule has 7 nitrogen and oxygen atoms in total. The molecule has 0 radical (unpaired) electrons. The van der Waals surface area contributed by atoms with Crippen LogP contribution >= 0.6 is 0 Å². The fraction of sp³-hybridized carbons (Fsp3) is 0.353. The van der Waals surface area contributed by atoms with Crippen molar-refractivity contribution in [2.24, 2.45) is 0 Å². The van der Waals surface area contributed by atoms with Gasteiger partial charge in [0, 0.05) is 31.5 Å². The van der Waals surface area contributed by atoms with Gasteiger partial charge in [-0.1, -0.05) is 43.3 Å². The molecule has 1 aromatic heterocycles. The molecule has 1 saturated heterocycles. The van der Waals surface area contributed by atoms with E-state index in [9.17, 15) is 22.8 Å². The fourth-order valence-corrected chi connectivity index (χ4v) is 5.13. The Morgan fingerprint density at radius 3 is 2.36 bits per heavy atom. The van der Waals surface area contributed by atoms with Crippen LogP contribution in [0.5, 0.6) is 5.75 Å². The van der Waals surface area contributed by atoms with Gasteiger partial charge >= 0.3 is 6.61 Å². The number of amides is 1. The molecular weight excluding hydrogens is 571 g/mol. The summed E-state index contributed by atoms with van der Waals surface area (Å²) in [4.78, 5) is 29.8. The number of alkyl halides is 2. The Labute approximate surface area is 254 Å².